The van der Waals surface area contributed by atoms with Gasteiger partial charge >= 0.3 is 0 Å². The van der Waals surface area contributed by atoms with E-state index < -0.39 is 6.04 Å². The first-order valence-electron chi connectivity index (χ1n) is 7.24. The van der Waals surface area contributed by atoms with E-state index in [2.05, 4.69) is 5.32 Å². The summed E-state index contributed by atoms with van der Waals surface area (Å²) < 4.78 is 17.8. The molecule has 1 rings (SSSR count). The van der Waals surface area contributed by atoms with E-state index in [1.165, 1.54) is 24.0 Å². The van der Waals surface area contributed by atoms with E-state index in [-0.39, 0.29) is 24.2 Å². The minimum Gasteiger partial charge on any atom is -0.385 e. The minimum absolute atomic E-state index is 0.205. The van der Waals surface area contributed by atoms with E-state index in [1.807, 2.05) is 0 Å². The normalized spacial score (nSPS) is 11.8. The topological polar surface area (TPSA) is 58.6 Å². The smallest absolute Gasteiger partial charge is 0.242 e. The average molecular weight is 310 g/mol. The van der Waals surface area contributed by atoms with Crippen LogP contribution in [0.5, 0.6) is 0 Å². The summed E-state index contributed by atoms with van der Waals surface area (Å²) in [6.45, 7) is 4.43. The molecule has 1 N–H and O–H groups in total. The van der Waals surface area contributed by atoms with Gasteiger partial charge in [-0.1, -0.05) is 12.1 Å². The zero-order valence-electron chi connectivity index (χ0n) is 13.3. The fraction of sp³-hybridized carbons (Fsp3) is 0.500. The van der Waals surface area contributed by atoms with Crippen molar-refractivity contribution in [2.75, 3.05) is 20.3 Å². The van der Waals surface area contributed by atoms with Crippen molar-refractivity contribution >= 4 is 11.8 Å². The maximum atomic E-state index is 12.9. The molecule has 2 amide bonds. The Balaban J connectivity index is 2.63. The van der Waals surface area contributed by atoms with Crippen molar-refractivity contribution in [2.45, 2.75) is 32.9 Å². The van der Waals surface area contributed by atoms with Crippen LogP contribution in [0.4, 0.5) is 4.39 Å². The number of ether oxygens (including phenoxy) is 1. The van der Waals surface area contributed by atoms with Gasteiger partial charge in [-0.05, 0) is 31.0 Å². The van der Waals surface area contributed by atoms with Crippen LogP contribution in [0.25, 0.3) is 0 Å². The molecule has 122 valence electrons. The van der Waals surface area contributed by atoms with Gasteiger partial charge in [-0.2, -0.15) is 0 Å². The third-order valence-electron chi connectivity index (χ3n) is 3.34. The van der Waals surface area contributed by atoms with Gasteiger partial charge < -0.3 is 15.0 Å². The molecule has 6 heteroatoms. The highest BCUT2D eigenvalue weighted by molar-refractivity contribution is 5.86. The van der Waals surface area contributed by atoms with E-state index in [0.717, 1.165) is 5.56 Å². The Bertz CT molecular complexity index is 491. The van der Waals surface area contributed by atoms with Gasteiger partial charge in [-0.15, -0.1) is 0 Å². The first-order chi connectivity index (χ1) is 10.5. The number of nitrogens with zero attached hydrogens (tertiary/aromatic N) is 1. The van der Waals surface area contributed by atoms with Crippen molar-refractivity contribution in [3.05, 3.63) is 35.6 Å². The molecule has 0 aliphatic heterocycles. The van der Waals surface area contributed by atoms with Crippen LogP contribution < -0.4 is 5.32 Å². The molecule has 0 spiro atoms. The summed E-state index contributed by atoms with van der Waals surface area (Å²) in [5.74, 6) is -0.751. The summed E-state index contributed by atoms with van der Waals surface area (Å²) in [7, 11) is 1.60. The molecule has 1 aromatic carbocycles. The lowest BCUT2D eigenvalue weighted by Crippen LogP contribution is -2.47. The number of hydrogen-bond donors (Lipinski definition) is 1. The van der Waals surface area contributed by atoms with Gasteiger partial charge in [0.05, 0.1) is 0 Å². The number of nitrogens with one attached hydrogen (secondary N) is 1. The monoisotopic (exact) mass is 310 g/mol. The SMILES string of the molecule is COCCCNC(=O)C(C)N(Cc1ccc(F)cc1)C(C)=O. The minimum atomic E-state index is -0.593. The standard InChI is InChI=1S/C16H23FN2O3/c1-12(16(21)18-9-4-10-22-3)19(13(2)20)11-14-5-7-15(17)8-6-14/h5-8,12H,4,9-11H2,1-3H3,(H,18,21). The molecular weight excluding hydrogens is 287 g/mol. The summed E-state index contributed by atoms with van der Waals surface area (Å²) in [6, 6.07) is 5.29. The van der Waals surface area contributed by atoms with Crippen molar-refractivity contribution in [3.8, 4) is 0 Å². The zero-order valence-corrected chi connectivity index (χ0v) is 13.3. The Labute approximate surface area is 130 Å². The molecule has 0 aromatic heterocycles. The van der Waals surface area contributed by atoms with Crippen molar-refractivity contribution < 1.29 is 18.7 Å². The first kappa shape index (κ1) is 18.1. The van der Waals surface area contributed by atoms with Crippen molar-refractivity contribution in [1.82, 2.24) is 10.2 Å². The molecule has 0 heterocycles. The second kappa shape index (κ2) is 9.15. The second-order valence-corrected chi connectivity index (χ2v) is 5.09. The van der Waals surface area contributed by atoms with E-state index in [1.54, 1.807) is 26.2 Å². The second-order valence-electron chi connectivity index (χ2n) is 5.09. The summed E-state index contributed by atoms with van der Waals surface area (Å²) in [5.41, 5.74) is 0.774. The summed E-state index contributed by atoms with van der Waals surface area (Å²) in [5, 5.41) is 2.77. The summed E-state index contributed by atoms with van der Waals surface area (Å²) >= 11 is 0. The van der Waals surface area contributed by atoms with Crippen LogP contribution in [0.2, 0.25) is 0 Å². The molecule has 0 bridgehead atoms. The third-order valence-corrected chi connectivity index (χ3v) is 3.34. The maximum Gasteiger partial charge on any atom is 0.242 e. The van der Waals surface area contributed by atoms with Gasteiger partial charge in [0.2, 0.25) is 11.8 Å². The molecule has 0 aliphatic rings. The number of carbonyl (C=O) groups excluding carboxylic acids is 2. The Hall–Kier alpha value is -1.95. The highest BCUT2D eigenvalue weighted by Gasteiger charge is 2.23. The Morgan fingerprint density at radius 3 is 2.50 bits per heavy atom. The molecule has 0 saturated carbocycles. The maximum absolute atomic E-state index is 12.9. The number of methoxy groups -OCH3 is 1. The highest BCUT2D eigenvalue weighted by Crippen LogP contribution is 2.10. The van der Waals surface area contributed by atoms with Gasteiger partial charge in [-0.3, -0.25) is 9.59 Å². The predicted molar refractivity (Wildman–Crippen MR) is 81.6 cm³/mol. The van der Waals surface area contributed by atoms with Crippen molar-refractivity contribution in [2.24, 2.45) is 0 Å². The molecule has 1 atom stereocenters. The van der Waals surface area contributed by atoms with E-state index in [0.29, 0.717) is 19.6 Å². The lowest BCUT2D eigenvalue weighted by atomic mass is 10.1. The number of carbonyl (C=O) groups is 2. The molecule has 0 fully saturated rings. The number of amides is 2. The molecular formula is C16H23FN2O3. The average Bonchev–Trinajstić information content (AvgIpc) is 2.49. The van der Waals surface area contributed by atoms with Gasteiger partial charge in [0.15, 0.2) is 0 Å². The van der Waals surface area contributed by atoms with Crippen LogP contribution in [0.3, 0.4) is 0 Å². The fourth-order valence-electron chi connectivity index (χ4n) is 2.02. The van der Waals surface area contributed by atoms with Gasteiger partial charge in [0, 0.05) is 33.7 Å². The number of rotatable bonds is 8. The van der Waals surface area contributed by atoms with E-state index in [9.17, 15) is 14.0 Å². The predicted octanol–water partition coefficient (Wildman–Crippen LogP) is 1.72. The van der Waals surface area contributed by atoms with Gasteiger partial charge in [0.25, 0.3) is 0 Å². The summed E-state index contributed by atoms with van der Waals surface area (Å²) in [4.78, 5) is 25.3. The van der Waals surface area contributed by atoms with Gasteiger partial charge in [0.1, 0.15) is 11.9 Å². The highest BCUT2D eigenvalue weighted by atomic mass is 19.1. The van der Waals surface area contributed by atoms with Crippen LogP contribution in [0.1, 0.15) is 25.8 Å². The molecule has 0 aliphatic carbocycles. The molecule has 0 saturated heterocycles. The molecule has 22 heavy (non-hydrogen) atoms. The number of halogens is 1. The van der Waals surface area contributed by atoms with Crippen LogP contribution in [0, 0.1) is 5.82 Å². The lowest BCUT2D eigenvalue weighted by molar-refractivity contribution is -0.139. The Morgan fingerprint density at radius 1 is 1.32 bits per heavy atom. The molecule has 1 unspecified atom stereocenters. The summed E-state index contributed by atoms with van der Waals surface area (Å²) in [6.07, 6.45) is 0.715. The molecule has 5 nitrogen and oxygen atoms in total. The quantitative estimate of drug-likeness (QED) is 0.744. The largest absolute Gasteiger partial charge is 0.385 e. The van der Waals surface area contributed by atoms with Crippen molar-refractivity contribution in [1.29, 1.82) is 0 Å². The lowest BCUT2D eigenvalue weighted by Gasteiger charge is -2.27. The van der Waals surface area contributed by atoms with E-state index in [4.69, 9.17) is 4.74 Å². The van der Waals surface area contributed by atoms with E-state index >= 15 is 0 Å². The third kappa shape index (κ3) is 5.81. The first-order valence-corrected chi connectivity index (χ1v) is 7.24. The molecule has 1 aromatic rings. The molecule has 0 radical (unpaired) electrons. The van der Waals surface area contributed by atoms with Crippen LogP contribution in [-0.2, 0) is 20.9 Å². The number of benzene rings is 1. The fourth-order valence-corrected chi connectivity index (χ4v) is 2.02. The van der Waals surface area contributed by atoms with Crippen LogP contribution >= 0.6 is 0 Å². The number of hydrogen-bond acceptors (Lipinski definition) is 3. The zero-order chi connectivity index (χ0) is 16.5. The van der Waals surface area contributed by atoms with Gasteiger partial charge in [-0.25, -0.2) is 4.39 Å². The Morgan fingerprint density at radius 2 is 1.95 bits per heavy atom. The van der Waals surface area contributed by atoms with Crippen LogP contribution in [-0.4, -0.2) is 43.0 Å². The Kier molecular flexibility index (Phi) is 7.52. The van der Waals surface area contributed by atoms with Crippen LogP contribution in [0.15, 0.2) is 24.3 Å². The van der Waals surface area contributed by atoms with Crippen molar-refractivity contribution in [3.63, 3.8) is 0 Å².